The fourth-order valence-corrected chi connectivity index (χ4v) is 2.46. The Morgan fingerprint density at radius 2 is 2.18 bits per heavy atom. The van der Waals surface area contributed by atoms with Crippen LogP contribution in [0.2, 0.25) is 0 Å². The van der Waals surface area contributed by atoms with Crippen LogP contribution in [0.25, 0.3) is 6.08 Å². The van der Waals surface area contributed by atoms with Gasteiger partial charge in [0.25, 0.3) is 0 Å². The highest BCUT2D eigenvalue weighted by Gasteiger charge is 2.12. The smallest absolute Gasteiger partial charge is 0.344 e. The summed E-state index contributed by atoms with van der Waals surface area (Å²) in [7, 11) is 0. The van der Waals surface area contributed by atoms with Gasteiger partial charge in [-0.25, -0.2) is 9.78 Å². The quantitative estimate of drug-likeness (QED) is 0.654. The molecule has 1 N–H and O–H groups in total. The number of aromatic nitrogens is 1. The second kappa shape index (κ2) is 7.00. The first-order valence-corrected chi connectivity index (χ1v) is 7.47. The topological polar surface area (TPSA) is 76.5 Å². The van der Waals surface area contributed by atoms with Crippen LogP contribution in [0.3, 0.4) is 0 Å². The standard InChI is InChI=1S/C16H15NO4S/c1-10-15(22-9-17-10)14(18)7-6-12-4-3-5-13(8-12)21-11(2)16(19)20/h3-9,11H,1-2H3,(H,19,20)/b7-6+. The highest BCUT2D eigenvalue weighted by Crippen LogP contribution is 2.18. The molecule has 5 nitrogen and oxygen atoms in total. The number of rotatable bonds is 6. The number of benzene rings is 1. The lowest BCUT2D eigenvalue weighted by atomic mass is 10.1. The fraction of sp³-hybridized carbons (Fsp3) is 0.188. The minimum atomic E-state index is -1.03. The minimum Gasteiger partial charge on any atom is -0.479 e. The van der Waals surface area contributed by atoms with Crippen molar-refractivity contribution in [3.8, 4) is 5.75 Å². The molecule has 22 heavy (non-hydrogen) atoms. The van der Waals surface area contributed by atoms with Gasteiger partial charge in [-0.15, -0.1) is 11.3 Å². The lowest BCUT2D eigenvalue weighted by Gasteiger charge is -2.10. The summed E-state index contributed by atoms with van der Waals surface area (Å²) in [6, 6.07) is 6.91. The number of carboxylic acids is 1. The Kier molecular flexibility index (Phi) is 5.06. The van der Waals surface area contributed by atoms with Crippen molar-refractivity contribution in [2.75, 3.05) is 0 Å². The van der Waals surface area contributed by atoms with Crippen molar-refractivity contribution in [2.24, 2.45) is 0 Å². The van der Waals surface area contributed by atoms with Crippen molar-refractivity contribution in [1.82, 2.24) is 4.98 Å². The molecule has 0 aliphatic carbocycles. The molecule has 0 fully saturated rings. The molecule has 1 aromatic carbocycles. The van der Waals surface area contributed by atoms with E-state index in [1.54, 1.807) is 36.7 Å². The number of allylic oxidation sites excluding steroid dienone is 1. The van der Waals surface area contributed by atoms with Gasteiger partial charge in [0.15, 0.2) is 11.9 Å². The van der Waals surface area contributed by atoms with Gasteiger partial charge in [-0.3, -0.25) is 4.79 Å². The average Bonchev–Trinajstić information content (AvgIpc) is 2.91. The largest absolute Gasteiger partial charge is 0.479 e. The number of hydrogen-bond donors (Lipinski definition) is 1. The van der Waals surface area contributed by atoms with E-state index >= 15 is 0 Å². The number of aryl methyl sites for hydroxylation is 1. The van der Waals surface area contributed by atoms with E-state index in [1.807, 2.05) is 6.07 Å². The lowest BCUT2D eigenvalue weighted by molar-refractivity contribution is -0.144. The number of aliphatic carboxylic acids is 1. The summed E-state index contributed by atoms with van der Waals surface area (Å²) >= 11 is 1.31. The van der Waals surface area contributed by atoms with Crippen LogP contribution in [-0.2, 0) is 4.79 Å². The summed E-state index contributed by atoms with van der Waals surface area (Å²) < 4.78 is 5.29. The van der Waals surface area contributed by atoms with Gasteiger partial charge in [0.2, 0.25) is 0 Å². The molecule has 0 saturated carbocycles. The van der Waals surface area contributed by atoms with E-state index in [1.165, 1.54) is 24.3 Å². The first kappa shape index (κ1) is 15.9. The van der Waals surface area contributed by atoms with Crippen LogP contribution in [0.5, 0.6) is 5.75 Å². The predicted molar refractivity (Wildman–Crippen MR) is 84.4 cm³/mol. The van der Waals surface area contributed by atoms with Crippen molar-refractivity contribution in [1.29, 1.82) is 0 Å². The van der Waals surface area contributed by atoms with Crippen molar-refractivity contribution in [3.05, 3.63) is 52.0 Å². The van der Waals surface area contributed by atoms with Crippen LogP contribution >= 0.6 is 11.3 Å². The highest BCUT2D eigenvalue weighted by molar-refractivity contribution is 7.12. The summed E-state index contributed by atoms with van der Waals surface area (Å²) in [5.41, 5.74) is 3.11. The van der Waals surface area contributed by atoms with Crippen molar-refractivity contribution in [2.45, 2.75) is 20.0 Å². The third-order valence-corrected chi connectivity index (χ3v) is 3.86. The van der Waals surface area contributed by atoms with Crippen molar-refractivity contribution < 1.29 is 19.4 Å². The van der Waals surface area contributed by atoms with Crippen LogP contribution < -0.4 is 4.74 Å². The molecule has 0 saturated heterocycles. The molecule has 2 rings (SSSR count). The van der Waals surface area contributed by atoms with Gasteiger partial charge in [0, 0.05) is 0 Å². The molecule has 1 aromatic heterocycles. The molecule has 0 bridgehead atoms. The second-order valence-corrected chi connectivity index (χ2v) is 5.49. The molecule has 0 aliphatic heterocycles. The molecular weight excluding hydrogens is 302 g/mol. The van der Waals surface area contributed by atoms with Gasteiger partial charge >= 0.3 is 5.97 Å². The number of nitrogens with zero attached hydrogens (tertiary/aromatic N) is 1. The molecule has 1 unspecified atom stereocenters. The van der Waals surface area contributed by atoms with Gasteiger partial charge in [-0.2, -0.15) is 0 Å². The lowest BCUT2D eigenvalue weighted by Crippen LogP contribution is -2.22. The number of ether oxygens (including phenoxy) is 1. The van der Waals surface area contributed by atoms with E-state index in [9.17, 15) is 9.59 Å². The van der Waals surface area contributed by atoms with Crippen LogP contribution in [0.4, 0.5) is 0 Å². The Morgan fingerprint density at radius 3 is 2.82 bits per heavy atom. The first-order valence-electron chi connectivity index (χ1n) is 6.59. The number of hydrogen-bond acceptors (Lipinski definition) is 5. The van der Waals surface area contributed by atoms with Gasteiger partial charge in [-0.05, 0) is 37.6 Å². The average molecular weight is 317 g/mol. The van der Waals surface area contributed by atoms with Crippen LogP contribution in [0.15, 0.2) is 35.9 Å². The molecule has 0 aliphatic rings. The molecule has 114 valence electrons. The number of thiazole rings is 1. The maximum absolute atomic E-state index is 12.0. The number of carboxylic acid groups (broad SMARTS) is 1. The third-order valence-electron chi connectivity index (χ3n) is 2.92. The van der Waals surface area contributed by atoms with E-state index < -0.39 is 12.1 Å². The fourth-order valence-electron chi connectivity index (χ4n) is 1.73. The van der Waals surface area contributed by atoms with Gasteiger partial charge in [0.05, 0.1) is 16.1 Å². The molecule has 1 heterocycles. The Labute approximate surface area is 131 Å². The van der Waals surface area contributed by atoms with Gasteiger partial charge in [-0.1, -0.05) is 18.2 Å². The Balaban J connectivity index is 2.10. The zero-order valence-corrected chi connectivity index (χ0v) is 13.0. The molecule has 1 atom stereocenters. The molecule has 0 amide bonds. The van der Waals surface area contributed by atoms with Crippen molar-refractivity contribution in [3.63, 3.8) is 0 Å². The van der Waals surface area contributed by atoms with Crippen LogP contribution in [-0.4, -0.2) is 27.9 Å². The van der Waals surface area contributed by atoms with E-state index in [0.29, 0.717) is 16.3 Å². The van der Waals surface area contributed by atoms with E-state index in [2.05, 4.69) is 4.98 Å². The Hall–Kier alpha value is -2.47. The predicted octanol–water partition coefficient (Wildman–Crippen LogP) is 3.20. The van der Waals surface area contributed by atoms with E-state index in [-0.39, 0.29) is 5.78 Å². The molecular formula is C16H15NO4S. The summed E-state index contributed by atoms with van der Waals surface area (Å²) in [6.45, 7) is 3.25. The molecule has 2 aromatic rings. The van der Waals surface area contributed by atoms with Crippen molar-refractivity contribution >= 4 is 29.2 Å². The maximum Gasteiger partial charge on any atom is 0.344 e. The summed E-state index contributed by atoms with van der Waals surface area (Å²) in [5.74, 6) is -0.694. The minimum absolute atomic E-state index is 0.106. The normalized spacial score (nSPS) is 12.3. The number of carbonyl (C=O) groups excluding carboxylic acids is 1. The second-order valence-electron chi connectivity index (χ2n) is 4.64. The Morgan fingerprint density at radius 1 is 1.41 bits per heavy atom. The third kappa shape index (κ3) is 4.02. The SMILES string of the molecule is Cc1ncsc1C(=O)/C=C/c1cccc(OC(C)C(=O)O)c1. The summed E-state index contributed by atoms with van der Waals surface area (Å²) in [4.78, 5) is 27.5. The summed E-state index contributed by atoms with van der Waals surface area (Å²) in [5, 5.41) is 8.83. The highest BCUT2D eigenvalue weighted by atomic mass is 32.1. The van der Waals surface area contributed by atoms with E-state index in [4.69, 9.17) is 9.84 Å². The maximum atomic E-state index is 12.0. The van der Waals surface area contributed by atoms with Gasteiger partial charge in [0.1, 0.15) is 5.75 Å². The van der Waals surface area contributed by atoms with Crippen LogP contribution in [0, 0.1) is 6.92 Å². The monoisotopic (exact) mass is 317 g/mol. The van der Waals surface area contributed by atoms with E-state index in [0.717, 1.165) is 5.56 Å². The first-order chi connectivity index (χ1) is 10.5. The zero-order chi connectivity index (χ0) is 16.1. The molecule has 0 spiro atoms. The zero-order valence-electron chi connectivity index (χ0n) is 12.1. The van der Waals surface area contributed by atoms with Crippen LogP contribution in [0.1, 0.15) is 27.9 Å². The Bertz CT molecular complexity index is 720. The number of carbonyl (C=O) groups is 2. The molecule has 6 heteroatoms. The summed E-state index contributed by atoms with van der Waals surface area (Å²) in [6.07, 6.45) is 2.21. The van der Waals surface area contributed by atoms with Gasteiger partial charge < -0.3 is 9.84 Å². The molecule has 0 radical (unpaired) electrons. The number of ketones is 1.